The van der Waals surface area contributed by atoms with Gasteiger partial charge in [0.05, 0.1) is 10.5 Å². The summed E-state index contributed by atoms with van der Waals surface area (Å²) in [5.74, 6) is -0.559. The molecule has 2 aromatic carbocycles. The van der Waals surface area contributed by atoms with Crippen molar-refractivity contribution >= 4 is 16.1 Å². The van der Waals surface area contributed by atoms with Crippen molar-refractivity contribution in [3.8, 4) is 0 Å². The number of ether oxygens (including phenoxy) is 1. The van der Waals surface area contributed by atoms with Gasteiger partial charge in [0.15, 0.2) is 0 Å². The van der Waals surface area contributed by atoms with Crippen LogP contribution in [0.4, 0.5) is 0 Å². The van der Waals surface area contributed by atoms with Crippen LogP contribution < -0.4 is 0 Å². The molecule has 0 fully saturated rings. The monoisotopic (exact) mass is 292 g/mol. The van der Waals surface area contributed by atoms with Crippen molar-refractivity contribution in [1.82, 2.24) is 0 Å². The first-order valence-electron chi connectivity index (χ1n) is 5.75. The Bertz CT molecular complexity index is 690. The highest BCUT2D eigenvalue weighted by atomic mass is 32.2. The van der Waals surface area contributed by atoms with Crippen molar-refractivity contribution in [3.05, 3.63) is 65.7 Å². The zero-order valence-electron chi connectivity index (χ0n) is 10.4. The van der Waals surface area contributed by atoms with Gasteiger partial charge < -0.3 is 4.74 Å². The standard InChI is InChI=1S/C14H12O5S/c15-14(19-10-11-4-2-1-3-5-11)12-6-8-13(9-7-12)20(16,17)18/h1-9H,10H2,(H,16,17,18). The van der Waals surface area contributed by atoms with E-state index in [2.05, 4.69) is 0 Å². The molecule has 0 radical (unpaired) electrons. The van der Waals surface area contributed by atoms with Gasteiger partial charge in [-0.05, 0) is 29.8 Å². The van der Waals surface area contributed by atoms with E-state index in [0.29, 0.717) is 0 Å². The Balaban J connectivity index is 2.03. The normalized spacial score (nSPS) is 11.1. The predicted octanol–water partition coefficient (Wildman–Crippen LogP) is 2.29. The maximum atomic E-state index is 11.7. The highest BCUT2D eigenvalue weighted by Gasteiger charge is 2.12. The van der Waals surface area contributed by atoms with Crippen LogP contribution in [0.3, 0.4) is 0 Å². The fraction of sp³-hybridized carbons (Fsp3) is 0.0714. The summed E-state index contributed by atoms with van der Waals surface area (Å²) >= 11 is 0. The fourth-order valence-electron chi connectivity index (χ4n) is 1.57. The number of hydrogen-bond donors (Lipinski definition) is 1. The lowest BCUT2D eigenvalue weighted by Crippen LogP contribution is -2.06. The van der Waals surface area contributed by atoms with E-state index >= 15 is 0 Å². The first-order valence-corrected chi connectivity index (χ1v) is 7.19. The van der Waals surface area contributed by atoms with E-state index < -0.39 is 16.1 Å². The van der Waals surface area contributed by atoms with Crippen LogP contribution in [0.2, 0.25) is 0 Å². The van der Waals surface area contributed by atoms with E-state index in [-0.39, 0.29) is 17.1 Å². The predicted molar refractivity (Wildman–Crippen MR) is 71.8 cm³/mol. The summed E-state index contributed by atoms with van der Waals surface area (Å²) in [5.41, 5.74) is 1.07. The molecule has 0 unspecified atom stereocenters. The smallest absolute Gasteiger partial charge is 0.338 e. The molecule has 1 N–H and O–H groups in total. The molecule has 2 rings (SSSR count). The van der Waals surface area contributed by atoms with Gasteiger partial charge in [-0.1, -0.05) is 30.3 Å². The van der Waals surface area contributed by atoms with E-state index in [0.717, 1.165) is 17.7 Å². The second-order valence-corrected chi connectivity index (χ2v) is 5.48. The molecule has 0 atom stereocenters. The average Bonchev–Trinajstić information content (AvgIpc) is 2.45. The summed E-state index contributed by atoms with van der Waals surface area (Å²) < 4.78 is 35.6. The van der Waals surface area contributed by atoms with E-state index in [1.165, 1.54) is 12.1 Å². The van der Waals surface area contributed by atoms with Gasteiger partial charge >= 0.3 is 5.97 Å². The van der Waals surface area contributed by atoms with E-state index in [4.69, 9.17) is 9.29 Å². The maximum absolute atomic E-state index is 11.7. The lowest BCUT2D eigenvalue weighted by Gasteiger charge is -2.05. The van der Waals surface area contributed by atoms with Crippen LogP contribution in [0.1, 0.15) is 15.9 Å². The molecule has 6 heteroatoms. The molecule has 0 bridgehead atoms. The lowest BCUT2D eigenvalue weighted by atomic mass is 10.2. The van der Waals surface area contributed by atoms with Gasteiger partial charge in [0.2, 0.25) is 0 Å². The van der Waals surface area contributed by atoms with E-state index in [9.17, 15) is 13.2 Å². The van der Waals surface area contributed by atoms with Crippen LogP contribution >= 0.6 is 0 Å². The van der Waals surface area contributed by atoms with Crippen molar-refractivity contribution in [2.24, 2.45) is 0 Å². The molecule has 0 saturated heterocycles. The zero-order chi connectivity index (χ0) is 14.6. The van der Waals surface area contributed by atoms with Gasteiger partial charge in [-0.25, -0.2) is 4.79 Å². The van der Waals surface area contributed by atoms with Gasteiger partial charge in [0.1, 0.15) is 6.61 Å². The molecule has 0 aromatic heterocycles. The second kappa shape index (κ2) is 5.85. The van der Waals surface area contributed by atoms with Gasteiger partial charge in [-0.2, -0.15) is 8.42 Å². The average molecular weight is 292 g/mol. The largest absolute Gasteiger partial charge is 0.457 e. The molecule has 0 saturated carbocycles. The summed E-state index contributed by atoms with van der Waals surface area (Å²) in [6, 6.07) is 14.1. The van der Waals surface area contributed by atoms with Gasteiger partial charge in [-0.15, -0.1) is 0 Å². The Morgan fingerprint density at radius 1 is 1.00 bits per heavy atom. The van der Waals surface area contributed by atoms with Gasteiger partial charge in [0, 0.05) is 0 Å². The summed E-state index contributed by atoms with van der Waals surface area (Å²) in [4.78, 5) is 11.5. The Labute approximate surface area is 116 Å². The Morgan fingerprint density at radius 2 is 1.60 bits per heavy atom. The maximum Gasteiger partial charge on any atom is 0.338 e. The number of carbonyl (C=O) groups is 1. The molecule has 5 nitrogen and oxygen atoms in total. The first kappa shape index (κ1) is 14.2. The minimum Gasteiger partial charge on any atom is -0.457 e. The molecule has 0 aliphatic rings. The molecule has 0 amide bonds. The van der Waals surface area contributed by atoms with Crippen molar-refractivity contribution in [1.29, 1.82) is 0 Å². The molecule has 0 heterocycles. The number of carbonyl (C=O) groups excluding carboxylic acids is 1. The van der Waals surface area contributed by atoms with Crippen molar-refractivity contribution < 1.29 is 22.5 Å². The SMILES string of the molecule is O=C(OCc1ccccc1)c1ccc(S(=O)(=O)O)cc1. The molecule has 0 aliphatic carbocycles. The third kappa shape index (κ3) is 3.66. The molecular weight excluding hydrogens is 280 g/mol. The Morgan fingerprint density at radius 3 is 2.15 bits per heavy atom. The number of rotatable bonds is 4. The lowest BCUT2D eigenvalue weighted by molar-refractivity contribution is 0.0472. The van der Waals surface area contributed by atoms with Crippen LogP contribution in [-0.4, -0.2) is 18.9 Å². The van der Waals surface area contributed by atoms with E-state index in [1.807, 2.05) is 30.3 Å². The minimum atomic E-state index is -4.25. The highest BCUT2D eigenvalue weighted by molar-refractivity contribution is 7.85. The molecule has 20 heavy (non-hydrogen) atoms. The Hall–Kier alpha value is -2.18. The van der Waals surface area contributed by atoms with Crippen molar-refractivity contribution in [3.63, 3.8) is 0 Å². The quantitative estimate of drug-likeness (QED) is 0.690. The molecule has 2 aromatic rings. The minimum absolute atomic E-state index is 0.139. The van der Waals surface area contributed by atoms with Gasteiger partial charge in [0.25, 0.3) is 10.1 Å². The Kier molecular flexibility index (Phi) is 4.16. The van der Waals surface area contributed by atoms with Crippen LogP contribution in [0.5, 0.6) is 0 Å². The summed E-state index contributed by atoms with van der Waals surface area (Å²) in [5, 5.41) is 0. The zero-order valence-corrected chi connectivity index (χ0v) is 11.2. The summed E-state index contributed by atoms with van der Waals surface area (Å²) in [6.45, 7) is 0.139. The number of hydrogen-bond acceptors (Lipinski definition) is 4. The van der Waals surface area contributed by atoms with Crippen LogP contribution in [0.25, 0.3) is 0 Å². The molecular formula is C14H12O5S. The highest BCUT2D eigenvalue weighted by Crippen LogP contribution is 2.12. The van der Waals surface area contributed by atoms with Crippen molar-refractivity contribution in [2.45, 2.75) is 11.5 Å². The van der Waals surface area contributed by atoms with Crippen LogP contribution in [0, 0.1) is 0 Å². The summed E-state index contributed by atoms with van der Waals surface area (Å²) in [6.07, 6.45) is 0. The topological polar surface area (TPSA) is 80.7 Å². The van der Waals surface area contributed by atoms with Crippen LogP contribution in [-0.2, 0) is 21.5 Å². The van der Waals surface area contributed by atoms with E-state index in [1.54, 1.807) is 0 Å². The number of esters is 1. The van der Waals surface area contributed by atoms with Gasteiger partial charge in [-0.3, -0.25) is 4.55 Å². The third-order valence-corrected chi connectivity index (χ3v) is 3.47. The fourth-order valence-corrected chi connectivity index (χ4v) is 2.05. The van der Waals surface area contributed by atoms with Crippen LogP contribution in [0.15, 0.2) is 59.5 Å². The molecule has 0 aliphatic heterocycles. The summed E-state index contributed by atoms with van der Waals surface area (Å²) in [7, 11) is -4.25. The van der Waals surface area contributed by atoms with Crippen molar-refractivity contribution in [2.75, 3.05) is 0 Å². The second-order valence-electron chi connectivity index (χ2n) is 4.06. The molecule has 104 valence electrons. The number of benzene rings is 2. The third-order valence-electron chi connectivity index (χ3n) is 2.60. The first-order chi connectivity index (χ1) is 9.47. The molecule has 0 spiro atoms.